The molecule has 0 atom stereocenters. The lowest BCUT2D eigenvalue weighted by molar-refractivity contribution is 0.0940. The van der Waals surface area contributed by atoms with E-state index in [9.17, 15) is 4.79 Å². The molecule has 14 heavy (non-hydrogen) atoms. The highest BCUT2D eigenvalue weighted by Gasteiger charge is 2.21. The Balaban J connectivity index is 1.95. The summed E-state index contributed by atoms with van der Waals surface area (Å²) >= 11 is 1.67. The van der Waals surface area contributed by atoms with Gasteiger partial charge in [-0.3, -0.25) is 4.79 Å². The minimum atomic E-state index is 0.361. The lowest BCUT2D eigenvalue weighted by Gasteiger charge is -2.23. The van der Waals surface area contributed by atoms with Gasteiger partial charge in [0.1, 0.15) is 0 Å². The average Bonchev–Trinajstić information content (AvgIpc) is 2.59. The predicted molar refractivity (Wildman–Crippen MR) is 60.0 cm³/mol. The summed E-state index contributed by atoms with van der Waals surface area (Å²) < 4.78 is 0. The van der Waals surface area contributed by atoms with Gasteiger partial charge in [0.05, 0.1) is 4.88 Å². The van der Waals surface area contributed by atoms with Crippen molar-refractivity contribution in [3.05, 3.63) is 21.9 Å². The van der Waals surface area contributed by atoms with Gasteiger partial charge in [0.15, 0.2) is 5.78 Å². The molecule has 0 aliphatic heterocycles. The fourth-order valence-corrected chi connectivity index (χ4v) is 2.67. The van der Waals surface area contributed by atoms with Gasteiger partial charge in [-0.15, -0.1) is 11.3 Å². The van der Waals surface area contributed by atoms with E-state index in [0.29, 0.717) is 11.7 Å². The predicted octanol–water partition coefficient (Wildman–Crippen LogP) is 3.68. The molecule has 1 aromatic rings. The standard InChI is InChI=1S/C12H16OS/c1-2-10-6-7-12(14-10)11(13)8-9-4-3-5-9/h6-7,9H,2-5,8H2,1H3. The number of rotatable bonds is 4. The van der Waals surface area contributed by atoms with Gasteiger partial charge in [-0.2, -0.15) is 0 Å². The van der Waals surface area contributed by atoms with E-state index in [0.717, 1.165) is 17.7 Å². The van der Waals surface area contributed by atoms with Crippen molar-refractivity contribution in [1.82, 2.24) is 0 Å². The molecule has 2 rings (SSSR count). The molecule has 1 saturated carbocycles. The molecule has 1 aromatic heterocycles. The zero-order valence-electron chi connectivity index (χ0n) is 8.58. The van der Waals surface area contributed by atoms with Crippen molar-refractivity contribution in [1.29, 1.82) is 0 Å². The third-order valence-electron chi connectivity index (χ3n) is 2.98. The minimum Gasteiger partial charge on any atom is -0.293 e. The molecule has 0 spiro atoms. The van der Waals surface area contributed by atoms with E-state index in [1.54, 1.807) is 11.3 Å². The van der Waals surface area contributed by atoms with Crippen LogP contribution in [0.15, 0.2) is 12.1 Å². The van der Waals surface area contributed by atoms with Gasteiger partial charge in [0, 0.05) is 11.3 Å². The molecule has 0 bridgehead atoms. The molecule has 1 aliphatic rings. The summed E-state index contributed by atoms with van der Waals surface area (Å²) in [5.41, 5.74) is 0. The van der Waals surface area contributed by atoms with E-state index in [4.69, 9.17) is 0 Å². The summed E-state index contributed by atoms with van der Waals surface area (Å²) in [6, 6.07) is 4.07. The van der Waals surface area contributed by atoms with Crippen LogP contribution in [0.3, 0.4) is 0 Å². The molecule has 0 unspecified atom stereocenters. The number of ketones is 1. The Morgan fingerprint density at radius 1 is 1.50 bits per heavy atom. The summed E-state index contributed by atoms with van der Waals surface area (Å²) in [4.78, 5) is 14.1. The van der Waals surface area contributed by atoms with Gasteiger partial charge in [0.25, 0.3) is 0 Å². The van der Waals surface area contributed by atoms with Gasteiger partial charge in [-0.1, -0.05) is 26.2 Å². The molecular formula is C12H16OS. The lowest BCUT2D eigenvalue weighted by atomic mass is 9.82. The number of carbonyl (C=O) groups excluding carboxylic acids is 1. The molecule has 0 radical (unpaired) electrons. The van der Waals surface area contributed by atoms with Gasteiger partial charge >= 0.3 is 0 Å². The van der Waals surface area contributed by atoms with Crippen molar-refractivity contribution in [3.8, 4) is 0 Å². The highest BCUT2D eigenvalue weighted by molar-refractivity contribution is 7.14. The Labute approximate surface area is 89.1 Å². The van der Waals surface area contributed by atoms with Gasteiger partial charge < -0.3 is 0 Å². The molecule has 0 amide bonds. The van der Waals surface area contributed by atoms with Crippen molar-refractivity contribution in [2.75, 3.05) is 0 Å². The summed E-state index contributed by atoms with van der Waals surface area (Å²) in [5, 5.41) is 0. The molecule has 1 fully saturated rings. The minimum absolute atomic E-state index is 0.361. The lowest BCUT2D eigenvalue weighted by Crippen LogP contribution is -2.15. The van der Waals surface area contributed by atoms with Crippen LogP contribution in [0.25, 0.3) is 0 Å². The molecule has 0 N–H and O–H groups in total. The molecule has 76 valence electrons. The van der Waals surface area contributed by atoms with Crippen molar-refractivity contribution in [3.63, 3.8) is 0 Å². The smallest absolute Gasteiger partial charge is 0.173 e. The number of hydrogen-bond donors (Lipinski definition) is 0. The van der Waals surface area contributed by atoms with Crippen LogP contribution in [0.1, 0.15) is 47.2 Å². The normalized spacial score (nSPS) is 16.6. The molecular weight excluding hydrogens is 192 g/mol. The highest BCUT2D eigenvalue weighted by Crippen LogP contribution is 2.31. The number of carbonyl (C=O) groups is 1. The second kappa shape index (κ2) is 4.26. The Morgan fingerprint density at radius 3 is 2.79 bits per heavy atom. The van der Waals surface area contributed by atoms with Crippen molar-refractivity contribution in [2.45, 2.75) is 39.0 Å². The maximum Gasteiger partial charge on any atom is 0.173 e. The largest absolute Gasteiger partial charge is 0.293 e. The van der Waals surface area contributed by atoms with Crippen LogP contribution in [-0.4, -0.2) is 5.78 Å². The number of Topliss-reactive ketones (excluding diaryl/α,β-unsaturated/α-hetero) is 1. The van der Waals surface area contributed by atoms with E-state index in [1.807, 2.05) is 6.07 Å². The molecule has 1 aliphatic carbocycles. The number of hydrogen-bond acceptors (Lipinski definition) is 2. The Morgan fingerprint density at radius 2 is 2.29 bits per heavy atom. The van der Waals surface area contributed by atoms with E-state index >= 15 is 0 Å². The van der Waals surface area contributed by atoms with E-state index in [1.165, 1.54) is 24.1 Å². The first-order valence-corrected chi connectivity index (χ1v) is 6.23. The molecule has 1 nitrogen and oxygen atoms in total. The summed E-state index contributed by atoms with van der Waals surface area (Å²) in [6.45, 7) is 2.13. The monoisotopic (exact) mass is 208 g/mol. The Kier molecular flexibility index (Phi) is 3.02. The van der Waals surface area contributed by atoms with Crippen molar-refractivity contribution >= 4 is 17.1 Å². The first kappa shape index (κ1) is 9.91. The van der Waals surface area contributed by atoms with Crippen LogP contribution < -0.4 is 0 Å². The topological polar surface area (TPSA) is 17.1 Å². The zero-order chi connectivity index (χ0) is 9.97. The van der Waals surface area contributed by atoms with Crippen LogP contribution in [0.5, 0.6) is 0 Å². The SMILES string of the molecule is CCc1ccc(C(=O)CC2CCC2)s1. The summed E-state index contributed by atoms with van der Waals surface area (Å²) in [5.74, 6) is 1.05. The van der Waals surface area contributed by atoms with Gasteiger partial charge in [-0.05, 0) is 24.5 Å². The first-order chi connectivity index (χ1) is 6.79. The fraction of sp³-hybridized carbons (Fsp3) is 0.583. The summed E-state index contributed by atoms with van der Waals surface area (Å²) in [6.07, 6.45) is 5.67. The van der Waals surface area contributed by atoms with Crippen molar-refractivity contribution in [2.24, 2.45) is 5.92 Å². The van der Waals surface area contributed by atoms with E-state index < -0.39 is 0 Å². The van der Waals surface area contributed by atoms with E-state index in [-0.39, 0.29) is 0 Å². The number of thiophene rings is 1. The Bertz CT molecular complexity index is 323. The molecule has 2 heteroatoms. The van der Waals surface area contributed by atoms with Crippen LogP contribution >= 0.6 is 11.3 Å². The van der Waals surface area contributed by atoms with Crippen molar-refractivity contribution < 1.29 is 4.79 Å². The van der Waals surface area contributed by atoms with Crippen LogP contribution in [0.2, 0.25) is 0 Å². The molecule has 0 saturated heterocycles. The fourth-order valence-electron chi connectivity index (χ4n) is 1.78. The highest BCUT2D eigenvalue weighted by atomic mass is 32.1. The second-order valence-electron chi connectivity index (χ2n) is 4.04. The Hall–Kier alpha value is -0.630. The second-order valence-corrected chi connectivity index (χ2v) is 5.21. The number of aryl methyl sites for hydroxylation is 1. The summed E-state index contributed by atoms with van der Waals surface area (Å²) in [7, 11) is 0. The zero-order valence-corrected chi connectivity index (χ0v) is 9.40. The quantitative estimate of drug-likeness (QED) is 0.690. The van der Waals surface area contributed by atoms with Gasteiger partial charge in [-0.25, -0.2) is 0 Å². The third kappa shape index (κ3) is 2.06. The van der Waals surface area contributed by atoms with Gasteiger partial charge in [0.2, 0.25) is 0 Å². The maximum absolute atomic E-state index is 11.8. The first-order valence-electron chi connectivity index (χ1n) is 5.41. The van der Waals surface area contributed by atoms with Crippen LogP contribution in [0, 0.1) is 5.92 Å². The molecule has 0 aromatic carbocycles. The van der Waals surface area contributed by atoms with Crippen LogP contribution in [0.4, 0.5) is 0 Å². The maximum atomic E-state index is 11.8. The average molecular weight is 208 g/mol. The third-order valence-corrected chi connectivity index (χ3v) is 4.25. The van der Waals surface area contributed by atoms with E-state index in [2.05, 4.69) is 13.0 Å². The molecule has 1 heterocycles. The van der Waals surface area contributed by atoms with Crippen LogP contribution in [-0.2, 0) is 6.42 Å².